The van der Waals surface area contributed by atoms with Crippen molar-refractivity contribution in [2.75, 3.05) is 20.3 Å². The zero-order valence-electron chi connectivity index (χ0n) is 13.9. The second kappa shape index (κ2) is 7.16. The maximum atomic E-state index is 12.5. The fraction of sp³-hybridized carbons (Fsp3) is 0.529. The lowest BCUT2D eigenvalue weighted by atomic mass is 9.97. The summed E-state index contributed by atoms with van der Waals surface area (Å²) >= 11 is 1.71. The summed E-state index contributed by atoms with van der Waals surface area (Å²) in [6, 6.07) is 0. The second-order valence-corrected chi connectivity index (χ2v) is 7.06. The lowest BCUT2D eigenvalue weighted by Gasteiger charge is -2.13. The number of aryl methyl sites for hydroxylation is 3. The molecule has 0 aromatic carbocycles. The van der Waals surface area contributed by atoms with Gasteiger partial charge < -0.3 is 9.47 Å². The molecule has 6 heteroatoms. The van der Waals surface area contributed by atoms with Crippen molar-refractivity contribution in [1.29, 1.82) is 0 Å². The summed E-state index contributed by atoms with van der Waals surface area (Å²) in [7, 11) is 1.60. The monoisotopic (exact) mass is 355 g/mol. The Morgan fingerprint density at radius 1 is 1.26 bits per heavy atom. The predicted octanol–water partition coefficient (Wildman–Crippen LogP) is 4.32. The number of aromatic nitrogens is 1. The highest BCUT2D eigenvalue weighted by molar-refractivity contribution is 7.18. The van der Waals surface area contributed by atoms with E-state index >= 15 is 0 Å². The van der Waals surface area contributed by atoms with Gasteiger partial charge in [-0.05, 0) is 50.7 Å². The first-order valence-electron chi connectivity index (χ1n) is 7.60. The van der Waals surface area contributed by atoms with Crippen molar-refractivity contribution in [2.45, 2.75) is 39.5 Å². The highest BCUT2D eigenvalue weighted by Gasteiger charge is 2.33. The van der Waals surface area contributed by atoms with E-state index in [9.17, 15) is 4.79 Å². The third-order valence-electron chi connectivity index (χ3n) is 4.25. The molecule has 3 rings (SSSR count). The number of esters is 1. The third kappa shape index (κ3) is 3.37. The number of pyridine rings is 1. The van der Waals surface area contributed by atoms with Gasteiger partial charge in [-0.15, -0.1) is 23.7 Å². The zero-order valence-corrected chi connectivity index (χ0v) is 15.5. The molecule has 0 saturated heterocycles. The molecule has 2 aromatic rings. The van der Waals surface area contributed by atoms with Crippen molar-refractivity contribution in [1.82, 2.24) is 4.98 Å². The van der Waals surface area contributed by atoms with E-state index in [1.807, 2.05) is 6.92 Å². The molecule has 2 aromatic heterocycles. The molecule has 1 aliphatic carbocycles. The van der Waals surface area contributed by atoms with Gasteiger partial charge in [0.15, 0.2) is 0 Å². The number of hydrogen-bond donors (Lipinski definition) is 0. The Morgan fingerprint density at radius 3 is 2.57 bits per heavy atom. The normalized spacial score (nSPS) is 13.9. The minimum atomic E-state index is -0.269. The van der Waals surface area contributed by atoms with E-state index in [2.05, 4.69) is 18.8 Å². The smallest absolute Gasteiger partial charge is 0.340 e. The molecule has 0 radical (unpaired) electrons. The van der Waals surface area contributed by atoms with E-state index < -0.39 is 0 Å². The summed E-state index contributed by atoms with van der Waals surface area (Å²) in [5.41, 5.74) is 3.86. The Bertz CT molecular complexity index is 737. The summed E-state index contributed by atoms with van der Waals surface area (Å²) < 4.78 is 10.3. The Hall–Kier alpha value is -1.17. The number of halogens is 1. The SMILES string of the molecule is COCCOC(=O)c1c(C)nc2sc(C)c(C)c2c1C1CC1.Cl. The average Bonchev–Trinajstić information content (AvgIpc) is 3.26. The average molecular weight is 356 g/mol. The van der Waals surface area contributed by atoms with Crippen LogP contribution in [0.4, 0.5) is 0 Å². The van der Waals surface area contributed by atoms with Crippen LogP contribution in [0, 0.1) is 20.8 Å². The van der Waals surface area contributed by atoms with Gasteiger partial charge in [-0.25, -0.2) is 9.78 Å². The first-order chi connectivity index (χ1) is 10.5. The first kappa shape index (κ1) is 18.2. The number of ether oxygens (including phenoxy) is 2. The molecule has 0 aliphatic heterocycles. The summed E-state index contributed by atoms with van der Waals surface area (Å²) in [4.78, 5) is 19.5. The highest BCUT2D eigenvalue weighted by atomic mass is 35.5. The first-order valence-corrected chi connectivity index (χ1v) is 8.42. The fourth-order valence-electron chi connectivity index (χ4n) is 2.86. The number of carbonyl (C=O) groups is 1. The van der Waals surface area contributed by atoms with Crippen molar-refractivity contribution in [3.05, 3.63) is 27.3 Å². The predicted molar refractivity (Wildman–Crippen MR) is 95.2 cm³/mol. The Kier molecular flexibility index (Phi) is 5.65. The second-order valence-electron chi connectivity index (χ2n) is 5.85. The third-order valence-corrected chi connectivity index (χ3v) is 5.35. The molecule has 0 atom stereocenters. The van der Waals surface area contributed by atoms with Gasteiger partial charge >= 0.3 is 5.97 Å². The number of methoxy groups -OCH3 is 1. The Balaban J connectivity index is 0.00000192. The molecular weight excluding hydrogens is 334 g/mol. The van der Waals surface area contributed by atoms with Gasteiger partial charge in [-0.3, -0.25) is 0 Å². The van der Waals surface area contributed by atoms with E-state index in [4.69, 9.17) is 9.47 Å². The molecule has 0 bridgehead atoms. The van der Waals surface area contributed by atoms with Gasteiger partial charge in [-0.2, -0.15) is 0 Å². The molecular formula is C17H22ClNO3S. The van der Waals surface area contributed by atoms with Crippen LogP contribution in [-0.4, -0.2) is 31.3 Å². The lowest BCUT2D eigenvalue weighted by Crippen LogP contribution is -2.14. The molecule has 2 heterocycles. The molecule has 1 aliphatic rings. The number of fused-ring (bicyclic) bond motifs is 1. The number of rotatable bonds is 5. The van der Waals surface area contributed by atoms with Crippen LogP contribution in [0.2, 0.25) is 0 Å². The van der Waals surface area contributed by atoms with E-state index in [1.54, 1.807) is 18.4 Å². The number of nitrogens with zero attached hydrogens (tertiary/aromatic N) is 1. The topological polar surface area (TPSA) is 48.4 Å². The molecule has 0 spiro atoms. The van der Waals surface area contributed by atoms with Gasteiger partial charge in [-0.1, -0.05) is 0 Å². The molecule has 0 amide bonds. The van der Waals surface area contributed by atoms with E-state index in [0.29, 0.717) is 18.1 Å². The van der Waals surface area contributed by atoms with Gasteiger partial charge in [0.05, 0.1) is 17.9 Å². The molecule has 1 saturated carbocycles. The van der Waals surface area contributed by atoms with Crippen LogP contribution in [0.3, 0.4) is 0 Å². The van der Waals surface area contributed by atoms with Crippen LogP contribution in [0.1, 0.15) is 50.8 Å². The summed E-state index contributed by atoms with van der Waals surface area (Å²) in [6.45, 7) is 6.83. The van der Waals surface area contributed by atoms with E-state index in [-0.39, 0.29) is 25.0 Å². The number of thiophene rings is 1. The van der Waals surface area contributed by atoms with E-state index in [1.165, 1.54) is 15.8 Å². The zero-order chi connectivity index (χ0) is 15.9. The van der Waals surface area contributed by atoms with Gasteiger partial charge in [0.25, 0.3) is 0 Å². The highest BCUT2D eigenvalue weighted by Crippen LogP contribution is 2.47. The summed E-state index contributed by atoms with van der Waals surface area (Å²) in [6.07, 6.45) is 2.29. The number of hydrogen-bond acceptors (Lipinski definition) is 5. The van der Waals surface area contributed by atoms with Crippen molar-refractivity contribution >= 4 is 39.9 Å². The van der Waals surface area contributed by atoms with Crippen LogP contribution >= 0.6 is 23.7 Å². The molecule has 126 valence electrons. The van der Waals surface area contributed by atoms with Gasteiger partial charge in [0.1, 0.15) is 11.4 Å². The maximum Gasteiger partial charge on any atom is 0.340 e. The Labute approximate surface area is 146 Å². The molecule has 0 N–H and O–H groups in total. The molecule has 23 heavy (non-hydrogen) atoms. The molecule has 0 unspecified atom stereocenters. The standard InChI is InChI=1S/C17H21NO3S.ClH/c1-9-11(3)22-16-13(9)15(12-5-6-12)14(10(2)18-16)17(19)21-8-7-20-4;/h12H,5-8H2,1-4H3;1H. The summed E-state index contributed by atoms with van der Waals surface area (Å²) in [5, 5.41) is 1.18. The van der Waals surface area contributed by atoms with Crippen LogP contribution in [0.5, 0.6) is 0 Å². The maximum absolute atomic E-state index is 12.5. The molecule has 1 fully saturated rings. The lowest BCUT2D eigenvalue weighted by molar-refractivity contribution is 0.0386. The quantitative estimate of drug-likeness (QED) is 0.591. The minimum absolute atomic E-state index is 0. The fourth-order valence-corrected chi connectivity index (χ4v) is 3.95. The van der Waals surface area contributed by atoms with Crippen LogP contribution in [0.15, 0.2) is 0 Å². The number of carbonyl (C=O) groups excluding carboxylic acids is 1. The molecule has 4 nitrogen and oxygen atoms in total. The van der Waals surface area contributed by atoms with Crippen molar-refractivity contribution in [2.24, 2.45) is 0 Å². The van der Waals surface area contributed by atoms with Crippen LogP contribution in [0.25, 0.3) is 10.2 Å². The summed E-state index contributed by atoms with van der Waals surface area (Å²) in [5.74, 6) is 0.205. The van der Waals surface area contributed by atoms with Crippen molar-refractivity contribution in [3.8, 4) is 0 Å². The van der Waals surface area contributed by atoms with Crippen LogP contribution < -0.4 is 0 Å². The largest absolute Gasteiger partial charge is 0.460 e. The van der Waals surface area contributed by atoms with Crippen molar-refractivity contribution < 1.29 is 14.3 Å². The van der Waals surface area contributed by atoms with E-state index in [0.717, 1.165) is 28.9 Å². The Morgan fingerprint density at radius 2 is 1.96 bits per heavy atom. The minimum Gasteiger partial charge on any atom is -0.460 e. The van der Waals surface area contributed by atoms with Crippen LogP contribution in [-0.2, 0) is 9.47 Å². The van der Waals surface area contributed by atoms with Crippen molar-refractivity contribution in [3.63, 3.8) is 0 Å². The van der Waals surface area contributed by atoms with Gasteiger partial charge in [0.2, 0.25) is 0 Å². The van der Waals surface area contributed by atoms with Gasteiger partial charge in [0, 0.05) is 17.4 Å².